The molecular formula is C24H23FN8O2. The van der Waals surface area contributed by atoms with Crippen molar-refractivity contribution in [2.45, 2.75) is 13.1 Å². The number of carbonyl (C=O) groups is 2. The summed E-state index contributed by atoms with van der Waals surface area (Å²) in [7, 11) is 1.51. The van der Waals surface area contributed by atoms with Gasteiger partial charge in [0.1, 0.15) is 12.4 Å². The standard InChI is InChI=1S/C24H23FN8O2/c1-26-24(35)20-5-3-16(12-27-20)23(34)29-22-11-17-10-15(2-4-19(17)30-31-22)18-13-28-33-9-8-32(7-6-25)14-21(18)33/h2-5,10-13H,6-9,14H2,1H3,(H,26,35)(H,29,31,34). The third-order valence-corrected chi connectivity index (χ3v) is 5.97. The van der Waals surface area contributed by atoms with Gasteiger partial charge in [0.2, 0.25) is 0 Å². The molecule has 2 amide bonds. The minimum atomic E-state index is -0.413. The van der Waals surface area contributed by atoms with Gasteiger partial charge in [0.15, 0.2) is 5.82 Å². The number of hydrogen-bond donors (Lipinski definition) is 2. The SMILES string of the molecule is CNC(=O)c1ccc(C(=O)Nc2cc3cc(-c4cnn5c4CN(CCF)CC5)ccc3nn2)cn1. The molecule has 4 aromatic rings. The number of fused-ring (bicyclic) bond motifs is 2. The Balaban J connectivity index is 1.38. The van der Waals surface area contributed by atoms with Crippen LogP contribution in [0.3, 0.4) is 0 Å². The van der Waals surface area contributed by atoms with Crippen LogP contribution in [-0.2, 0) is 13.1 Å². The average molecular weight is 475 g/mol. The Labute approximate surface area is 200 Å². The highest BCUT2D eigenvalue weighted by molar-refractivity contribution is 6.04. The lowest BCUT2D eigenvalue weighted by molar-refractivity contribution is 0.0955. The quantitative estimate of drug-likeness (QED) is 0.440. The van der Waals surface area contributed by atoms with Crippen molar-refractivity contribution in [1.29, 1.82) is 0 Å². The molecule has 0 atom stereocenters. The first-order valence-electron chi connectivity index (χ1n) is 11.2. The van der Waals surface area contributed by atoms with E-state index in [-0.39, 0.29) is 23.8 Å². The molecule has 0 saturated carbocycles. The monoisotopic (exact) mass is 474 g/mol. The van der Waals surface area contributed by atoms with Crippen LogP contribution < -0.4 is 10.6 Å². The van der Waals surface area contributed by atoms with Gasteiger partial charge in [-0.05, 0) is 35.9 Å². The summed E-state index contributed by atoms with van der Waals surface area (Å²) in [6.45, 7) is 2.17. The van der Waals surface area contributed by atoms with Gasteiger partial charge in [0.25, 0.3) is 11.8 Å². The molecule has 4 heterocycles. The van der Waals surface area contributed by atoms with Crippen LogP contribution >= 0.6 is 0 Å². The molecule has 10 nitrogen and oxygen atoms in total. The molecule has 0 unspecified atom stereocenters. The first-order valence-corrected chi connectivity index (χ1v) is 11.2. The molecule has 0 aliphatic carbocycles. The number of rotatable bonds is 6. The number of benzene rings is 1. The summed E-state index contributed by atoms with van der Waals surface area (Å²) in [5, 5.41) is 18.8. The summed E-state index contributed by atoms with van der Waals surface area (Å²) in [5.41, 5.74) is 4.19. The highest BCUT2D eigenvalue weighted by atomic mass is 19.1. The normalized spacial score (nSPS) is 13.4. The topological polar surface area (TPSA) is 118 Å². The smallest absolute Gasteiger partial charge is 0.269 e. The Kier molecular flexibility index (Phi) is 6.15. The van der Waals surface area contributed by atoms with Crippen molar-refractivity contribution in [3.05, 3.63) is 65.7 Å². The fourth-order valence-electron chi connectivity index (χ4n) is 4.10. The molecule has 35 heavy (non-hydrogen) atoms. The second-order valence-electron chi connectivity index (χ2n) is 8.16. The number of pyridine rings is 1. The maximum atomic E-state index is 12.9. The average Bonchev–Trinajstić information content (AvgIpc) is 3.31. The molecular weight excluding hydrogens is 451 g/mol. The number of halogens is 1. The van der Waals surface area contributed by atoms with E-state index in [1.54, 1.807) is 6.07 Å². The first-order chi connectivity index (χ1) is 17.1. The minimum Gasteiger partial charge on any atom is -0.354 e. The Bertz CT molecular complexity index is 1400. The lowest BCUT2D eigenvalue weighted by atomic mass is 10.0. The molecule has 0 saturated heterocycles. The number of anilines is 1. The van der Waals surface area contributed by atoms with Crippen LogP contribution in [0.25, 0.3) is 22.0 Å². The van der Waals surface area contributed by atoms with Crippen LogP contribution in [0.15, 0.2) is 48.8 Å². The summed E-state index contributed by atoms with van der Waals surface area (Å²) in [6.07, 6.45) is 3.17. The predicted octanol–water partition coefficient (Wildman–Crippen LogP) is 2.29. The van der Waals surface area contributed by atoms with Crippen molar-refractivity contribution in [2.24, 2.45) is 0 Å². The number of amides is 2. The summed E-state index contributed by atoms with van der Waals surface area (Å²) in [4.78, 5) is 30.4. The number of hydrogen-bond acceptors (Lipinski definition) is 7. The number of aromatic nitrogens is 5. The summed E-state index contributed by atoms with van der Waals surface area (Å²) in [5.74, 6) is -0.450. The predicted molar refractivity (Wildman–Crippen MR) is 128 cm³/mol. The van der Waals surface area contributed by atoms with E-state index in [4.69, 9.17) is 0 Å². The van der Waals surface area contributed by atoms with Gasteiger partial charge in [-0.2, -0.15) is 5.10 Å². The van der Waals surface area contributed by atoms with Gasteiger partial charge in [0, 0.05) is 43.8 Å². The van der Waals surface area contributed by atoms with E-state index in [1.165, 1.54) is 25.4 Å². The molecule has 0 radical (unpaired) electrons. The fraction of sp³-hybridized carbons (Fsp3) is 0.250. The van der Waals surface area contributed by atoms with Crippen LogP contribution in [0.4, 0.5) is 10.2 Å². The Morgan fingerprint density at radius 2 is 1.94 bits per heavy atom. The van der Waals surface area contributed by atoms with E-state index in [9.17, 15) is 14.0 Å². The molecule has 0 spiro atoms. The van der Waals surface area contributed by atoms with E-state index in [1.807, 2.05) is 29.1 Å². The molecule has 178 valence electrons. The zero-order chi connectivity index (χ0) is 24.4. The fourth-order valence-corrected chi connectivity index (χ4v) is 4.10. The van der Waals surface area contributed by atoms with Crippen molar-refractivity contribution in [2.75, 3.05) is 32.1 Å². The third kappa shape index (κ3) is 4.58. The van der Waals surface area contributed by atoms with Gasteiger partial charge in [-0.1, -0.05) is 6.07 Å². The van der Waals surface area contributed by atoms with Crippen molar-refractivity contribution >= 4 is 28.5 Å². The molecule has 3 aromatic heterocycles. The van der Waals surface area contributed by atoms with Gasteiger partial charge in [-0.3, -0.25) is 24.2 Å². The Morgan fingerprint density at radius 3 is 2.71 bits per heavy atom. The van der Waals surface area contributed by atoms with E-state index < -0.39 is 5.91 Å². The van der Waals surface area contributed by atoms with Crippen LogP contribution in [0.2, 0.25) is 0 Å². The Hall–Kier alpha value is -4.25. The second kappa shape index (κ2) is 9.55. The maximum absolute atomic E-state index is 12.9. The molecule has 11 heteroatoms. The van der Waals surface area contributed by atoms with Gasteiger partial charge in [0.05, 0.1) is 29.5 Å². The van der Waals surface area contributed by atoms with E-state index in [0.717, 1.165) is 35.3 Å². The molecule has 0 bridgehead atoms. The van der Waals surface area contributed by atoms with E-state index in [2.05, 4.69) is 35.8 Å². The first kappa shape index (κ1) is 22.5. The number of nitrogens with one attached hydrogen (secondary N) is 2. The maximum Gasteiger partial charge on any atom is 0.269 e. The van der Waals surface area contributed by atoms with Gasteiger partial charge in [-0.25, -0.2) is 4.39 Å². The molecule has 2 N–H and O–H groups in total. The van der Waals surface area contributed by atoms with Gasteiger partial charge in [-0.15, -0.1) is 10.2 Å². The summed E-state index contributed by atoms with van der Waals surface area (Å²) < 4.78 is 14.8. The van der Waals surface area contributed by atoms with E-state index >= 15 is 0 Å². The lowest BCUT2D eigenvalue weighted by Gasteiger charge is -2.27. The third-order valence-electron chi connectivity index (χ3n) is 5.97. The number of alkyl halides is 1. The zero-order valence-corrected chi connectivity index (χ0v) is 19.0. The van der Waals surface area contributed by atoms with E-state index in [0.29, 0.717) is 24.4 Å². The van der Waals surface area contributed by atoms with Crippen molar-refractivity contribution in [3.63, 3.8) is 0 Å². The molecule has 1 aliphatic rings. The van der Waals surface area contributed by atoms with Crippen LogP contribution in [0.5, 0.6) is 0 Å². The van der Waals surface area contributed by atoms with Gasteiger partial charge < -0.3 is 10.6 Å². The van der Waals surface area contributed by atoms with Crippen LogP contribution in [0, 0.1) is 0 Å². The number of nitrogens with zero attached hydrogens (tertiary/aromatic N) is 6. The van der Waals surface area contributed by atoms with Crippen LogP contribution in [0.1, 0.15) is 26.5 Å². The summed E-state index contributed by atoms with van der Waals surface area (Å²) >= 11 is 0. The van der Waals surface area contributed by atoms with Crippen LogP contribution in [-0.4, -0.2) is 68.5 Å². The molecule has 1 aliphatic heterocycles. The van der Waals surface area contributed by atoms with Gasteiger partial charge >= 0.3 is 0 Å². The molecule has 5 rings (SSSR count). The molecule has 0 fully saturated rings. The largest absolute Gasteiger partial charge is 0.354 e. The minimum absolute atomic E-state index is 0.220. The van der Waals surface area contributed by atoms with Crippen molar-refractivity contribution < 1.29 is 14.0 Å². The Morgan fingerprint density at radius 1 is 1.06 bits per heavy atom. The highest BCUT2D eigenvalue weighted by Crippen LogP contribution is 2.29. The second-order valence-corrected chi connectivity index (χ2v) is 8.16. The van der Waals surface area contributed by atoms with Crippen molar-refractivity contribution in [3.8, 4) is 11.1 Å². The number of carbonyl (C=O) groups excluding carboxylic acids is 2. The lowest BCUT2D eigenvalue weighted by Crippen LogP contribution is -2.35. The van der Waals surface area contributed by atoms with Crippen molar-refractivity contribution in [1.82, 2.24) is 35.2 Å². The summed E-state index contributed by atoms with van der Waals surface area (Å²) in [6, 6.07) is 10.6. The zero-order valence-electron chi connectivity index (χ0n) is 19.0. The highest BCUT2D eigenvalue weighted by Gasteiger charge is 2.21. The molecule has 1 aromatic carbocycles.